The van der Waals surface area contributed by atoms with Crippen LogP contribution in [0.2, 0.25) is 0 Å². The first-order valence-electron chi connectivity index (χ1n) is 9.20. The minimum Gasteiger partial charge on any atom is -0.438 e. The Balaban J connectivity index is 1.63. The molecule has 0 bridgehead atoms. The molecule has 29 heavy (non-hydrogen) atoms. The van der Waals surface area contributed by atoms with Crippen LogP contribution in [0, 0.1) is 0 Å². The lowest BCUT2D eigenvalue weighted by Gasteiger charge is -2.10. The van der Waals surface area contributed by atoms with Crippen LogP contribution in [0.1, 0.15) is 16.9 Å². The zero-order valence-electron chi connectivity index (χ0n) is 15.6. The standard InChI is InChI=1S/C21H17N3O3S2/c1-29(25,26)15-9-7-14(8-10-15)27-20-18-16-5-2-6-17(16)28-21(18)24-19(23-20)13-4-3-11-22-12-13/h3-4,7-12H,2,5-6H2,1H3. The number of nitrogens with zero attached hydrogens (tertiary/aromatic N) is 3. The lowest BCUT2D eigenvalue weighted by atomic mass is 10.2. The van der Waals surface area contributed by atoms with E-state index in [-0.39, 0.29) is 4.90 Å². The van der Waals surface area contributed by atoms with Crippen molar-refractivity contribution in [2.45, 2.75) is 24.2 Å². The second-order valence-electron chi connectivity index (χ2n) is 6.98. The maximum atomic E-state index is 11.7. The van der Waals surface area contributed by atoms with Gasteiger partial charge < -0.3 is 4.74 Å². The number of hydrogen-bond acceptors (Lipinski definition) is 7. The third kappa shape index (κ3) is 3.38. The minimum absolute atomic E-state index is 0.255. The lowest BCUT2D eigenvalue weighted by molar-refractivity contribution is 0.468. The number of hydrogen-bond donors (Lipinski definition) is 0. The highest BCUT2D eigenvalue weighted by molar-refractivity contribution is 7.90. The third-order valence-electron chi connectivity index (χ3n) is 4.92. The number of thiophene rings is 1. The van der Waals surface area contributed by atoms with Gasteiger partial charge in [-0.05, 0) is 61.2 Å². The fourth-order valence-electron chi connectivity index (χ4n) is 3.53. The molecule has 1 aliphatic rings. The first-order valence-corrected chi connectivity index (χ1v) is 11.9. The van der Waals surface area contributed by atoms with E-state index in [0.717, 1.165) is 35.0 Å². The van der Waals surface area contributed by atoms with E-state index in [0.29, 0.717) is 17.5 Å². The molecule has 0 radical (unpaired) electrons. The Kier molecular flexibility index (Phi) is 4.33. The monoisotopic (exact) mass is 423 g/mol. The first-order chi connectivity index (χ1) is 14.0. The van der Waals surface area contributed by atoms with Crippen LogP contribution in [-0.2, 0) is 22.7 Å². The van der Waals surface area contributed by atoms with E-state index in [4.69, 9.17) is 14.7 Å². The van der Waals surface area contributed by atoms with E-state index in [9.17, 15) is 8.42 Å². The van der Waals surface area contributed by atoms with Gasteiger partial charge in [0, 0.05) is 29.1 Å². The van der Waals surface area contributed by atoms with Gasteiger partial charge in [0.2, 0.25) is 5.88 Å². The SMILES string of the molecule is CS(=O)(=O)c1ccc(Oc2nc(-c3cccnc3)nc3sc4c(c23)CCC4)cc1. The van der Waals surface area contributed by atoms with Crippen molar-refractivity contribution < 1.29 is 13.2 Å². The van der Waals surface area contributed by atoms with Crippen LogP contribution in [0.4, 0.5) is 0 Å². The molecule has 0 aliphatic heterocycles. The molecule has 0 saturated carbocycles. The molecule has 1 aliphatic carbocycles. The quantitative estimate of drug-likeness (QED) is 0.483. The molecular formula is C21H17N3O3S2. The molecule has 146 valence electrons. The number of benzene rings is 1. The van der Waals surface area contributed by atoms with Crippen LogP contribution < -0.4 is 4.74 Å². The number of rotatable bonds is 4. The Morgan fingerprint density at radius 2 is 1.90 bits per heavy atom. The molecule has 0 saturated heterocycles. The normalized spacial score (nSPS) is 13.6. The van der Waals surface area contributed by atoms with Crippen LogP contribution in [0.25, 0.3) is 21.6 Å². The maximum absolute atomic E-state index is 11.7. The average Bonchev–Trinajstić information content (AvgIpc) is 3.29. The minimum atomic E-state index is -3.26. The summed E-state index contributed by atoms with van der Waals surface area (Å²) in [6.07, 6.45) is 7.81. The van der Waals surface area contributed by atoms with Gasteiger partial charge in [0.1, 0.15) is 10.6 Å². The summed E-state index contributed by atoms with van der Waals surface area (Å²) in [4.78, 5) is 16.1. The molecule has 1 aromatic carbocycles. The van der Waals surface area contributed by atoms with Gasteiger partial charge in [0.15, 0.2) is 15.7 Å². The molecular weight excluding hydrogens is 406 g/mol. The second kappa shape index (κ2) is 6.89. The predicted octanol–water partition coefficient (Wildman–Crippen LogP) is 4.44. The van der Waals surface area contributed by atoms with Crippen LogP contribution in [-0.4, -0.2) is 29.6 Å². The molecule has 0 fully saturated rings. The van der Waals surface area contributed by atoms with Crippen molar-refractivity contribution in [2.75, 3.05) is 6.26 Å². The van der Waals surface area contributed by atoms with Crippen LogP contribution in [0.5, 0.6) is 11.6 Å². The van der Waals surface area contributed by atoms with Gasteiger partial charge in [-0.3, -0.25) is 4.98 Å². The molecule has 5 rings (SSSR count). The fraction of sp³-hybridized carbons (Fsp3) is 0.190. The highest BCUT2D eigenvalue weighted by atomic mass is 32.2. The Labute approximate surface area is 172 Å². The van der Waals surface area contributed by atoms with Crippen molar-refractivity contribution in [3.05, 3.63) is 59.2 Å². The summed E-state index contributed by atoms with van der Waals surface area (Å²) in [5, 5.41) is 0.960. The van der Waals surface area contributed by atoms with Crippen molar-refractivity contribution in [3.63, 3.8) is 0 Å². The van der Waals surface area contributed by atoms with E-state index >= 15 is 0 Å². The largest absolute Gasteiger partial charge is 0.438 e. The van der Waals surface area contributed by atoms with Crippen LogP contribution in [0.3, 0.4) is 0 Å². The van der Waals surface area contributed by atoms with Crippen molar-refractivity contribution in [3.8, 4) is 23.0 Å². The van der Waals surface area contributed by atoms with Crippen molar-refractivity contribution in [1.29, 1.82) is 0 Å². The Bertz CT molecular complexity index is 1320. The van der Waals surface area contributed by atoms with Gasteiger partial charge in [-0.1, -0.05) is 0 Å². The molecule has 3 heterocycles. The van der Waals surface area contributed by atoms with Gasteiger partial charge >= 0.3 is 0 Å². The second-order valence-corrected chi connectivity index (χ2v) is 10.1. The predicted molar refractivity (Wildman–Crippen MR) is 112 cm³/mol. The van der Waals surface area contributed by atoms with Crippen molar-refractivity contribution in [2.24, 2.45) is 0 Å². The smallest absolute Gasteiger partial charge is 0.231 e. The van der Waals surface area contributed by atoms with E-state index in [1.165, 1.54) is 16.7 Å². The van der Waals surface area contributed by atoms with Gasteiger partial charge in [0.05, 0.1) is 10.3 Å². The average molecular weight is 424 g/mol. The summed E-state index contributed by atoms with van der Waals surface area (Å²) < 4.78 is 29.6. The molecule has 0 atom stereocenters. The first kappa shape index (κ1) is 18.2. The zero-order valence-corrected chi connectivity index (χ0v) is 17.3. The van der Waals surface area contributed by atoms with E-state index in [1.54, 1.807) is 48.0 Å². The van der Waals surface area contributed by atoms with Crippen molar-refractivity contribution >= 4 is 31.4 Å². The summed E-state index contributed by atoms with van der Waals surface area (Å²) in [6, 6.07) is 10.2. The van der Waals surface area contributed by atoms with Gasteiger partial charge in [-0.25, -0.2) is 13.4 Å². The van der Waals surface area contributed by atoms with Crippen molar-refractivity contribution in [1.82, 2.24) is 15.0 Å². The van der Waals surface area contributed by atoms with Crippen LogP contribution in [0.15, 0.2) is 53.7 Å². The highest BCUT2D eigenvalue weighted by Gasteiger charge is 2.24. The van der Waals surface area contributed by atoms with E-state index < -0.39 is 9.84 Å². The summed E-state index contributed by atoms with van der Waals surface area (Å²) >= 11 is 1.69. The van der Waals surface area contributed by atoms with Gasteiger partial charge in [-0.2, -0.15) is 4.98 Å². The molecule has 3 aromatic heterocycles. The molecule has 8 heteroatoms. The Hall–Kier alpha value is -2.84. The summed E-state index contributed by atoms with van der Waals surface area (Å²) in [6.45, 7) is 0. The highest BCUT2D eigenvalue weighted by Crippen LogP contribution is 2.42. The summed E-state index contributed by atoms with van der Waals surface area (Å²) in [5.74, 6) is 1.60. The molecule has 6 nitrogen and oxygen atoms in total. The number of pyridine rings is 1. The Morgan fingerprint density at radius 3 is 2.62 bits per heavy atom. The van der Waals surface area contributed by atoms with E-state index in [2.05, 4.69) is 4.98 Å². The lowest BCUT2D eigenvalue weighted by Crippen LogP contribution is -1.98. The molecule has 0 unspecified atom stereocenters. The number of ether oxygens (including phenoxy) is 1. The number of aryl methyl sites for hydroxylation is 2. The molecule has 0 N–H and O–H groups in total. The number of aromatic nitrogens is 3. The van der Waals surface area contributed by atoms with Crippen LogP contribution >= 0.6 is 11.3 Å². The topological polar surface area (TPSA) is 82.0 Å². The van der Waals surface area contributed by atoms with E-state index in [1.807, 2.05) is 12.1 Å². The van der Waals surface area contributed by atoms with Gasteiger partial charge in [-0.15, -0.1) is 11.3 Å². The molecule has 4 aromatic rings. The maximum Gasteiger partial charge on any atom is 0.231 e. The molecule has 0 amide bonds. The third-order valence-corrected chi connectivity index (χ3v) is 7.23. The number of sulfone groups is 1. The fourth-order valence-corrected chi connectivity index (χ4v) is 5.41. The zero-order chi connectivity index (χ0) is 20.0. The Morgan fingerprint density at radius 1 is 1.07 bits per heavy atom. The summed E-state index contributed by atoms with van der Waals surface area (Å²) in [7, 11) is -3.26. The molecule has 0 spiro atoms. The number of fused-ring (bicyclic) bond motifs is 3. The van der Waals surface area contributed by atoms with Gasteiger partial charge in [0.25, 0.3) is 0 Å². The summed E-state index contributed by atoms with van der Waals surface area (Å²) in [5.41, 5.74) is 2.09.